The van der Waals surface area contributed by atoms with E-state index in [0.29, 0.717) is 17.3 Å². The summed E-state index contributed by atoms with van der Waals surface area (Å²) in [5, 5.41) is 19.8. The van der Waals surface area contributed by atoms with Gasteiger partial charge in [-0.05, 0) is 34.5 Å². The first-order valence-electron chi connectivity index (χ1n) is 6.12. The fourth-order valence-corrected chi connectivity index (χ4v) is 2.55. The summed E-state index contributed by atoms with van der Waals surface area (Å²) in [4.78, 5) is 11.7. The predicted molar refractivity (Wildman–Crippen MR) is 82.2 cm³/mol. The number of carbonyl (C=O) groups is 1. The number of carbonyl (C=O) groups excluding carboxylic acids is 1. The average molecular weight is 311 g/mol. The number of thiophene rings is 1. The molecule has 1 unspecified atom stereocenters. The molecule has 1 aromatic carbocycles. The molecule has 1 aromatic heterocycles. The second-order valence-electron chi connectivity index (χ2n) is 4.23. The molecule has 1 atom stereocenters. The topological polar surface area (TPSA) is 61.4 Å². The largest absolute Gasteiger partial charge is 0.387 e. The molecule has 0 spiro atoms. The molecule has 0 aliphatic heterocycles. The first-order chi connectivity index (χ1) is 9.66. The van der Waals surface area contributed by atoms with E-state index in [1.807, 2.05) is 16.8 Å². The summed E-state index contributed by atoms with van der Waals surface area (Å²) >= 11 is 7.48. The molecule has 3 N–H and O–H groups in total. The second kappa shape index (κ2) is 7.40. The molecule has 1 heterocycles. The Labute approximate surface area is 126 Å². The molecule has 0 bridgehead atoms. The minimum Gasteiger partial charge on any atom is -0.387 e. The number of rotatable bonds is 6. The number of nitrogens with one attached hydrogen (secondary N) is 2. The van der Waals surface area contributed by atoms with Crippen LogP contribution >= 0.6 is 22.9 Å². The number of aliphatic hydroxyl groups is 1. The molecule has 106 valence electrons. The van der Waals surface area contributed by atoms with Crippen molar-refractivity contribution in [1.82, 2.24) is 5.32 Å². The Bertz CT molecular complexity index is 560. The summed E-state index contributed by atoms with van der Waals surface area (Å²) in [5.74, 6) is -0.199. The van der Waals surface area contributed by atoms with Crippen molar-refractivity contribution < 1.29 is 9.90 Å². The van der Waals surface area contributed by atoms with E-state index in [-0.39, 0.29) is 12.5 Å². The van der Waals surface area contributed by atoms with Gasteiger partial charge in [0, 0.05) is 6.54 Å². The van der Waals surface area contributed by atoms with Crippen LogP contribution in [-0.2, 0) is 4.79 Å². The van der Waals surface area contributed by atoms with Gasteiger partial charge in [-0.1, -0.05) is 23.7 Å². The lowest BCUT2D eigenvalue weighted by atomic mass is 10.2. The molecule has 20 heavy (non-hydrogen) atoms. The highest BCUT2D eigenvalue weighted by molar-refractivity contribution is 7.07. The van der Waals surface area contributed by atoms with Crippen molar-refractivity contribution in [2.24, 2.45) is 0 Å². The first kappa shape index (κ1) is 15.0. The van der Waals surface area contributed by atoms with Crippen LogP contribution in [0.4, 0.5) is 5.69 Å². The van der Waals surface area contributed by atoms with E-state index in [1.165, 1.54) is 11.3 Å². The van der Waals surface area contributed by atoms with Gasteiger partial charge in [0.05, 0.1) is 23.4 Å². The number of benzene rings is 1. The van der Waals surface area contributed by atoms with E-state index in [4.69, 9.17) is 11.6 Å². The first-order valence-corrected chi connectivity index (χ1v) is 7.44. The molecule has 0 aliphatic carbocycles. The minimum atomic E-state index is -0.602. The zero-order valence-electron chi connectivity index (χ0n) is 10.7. The van der Waals surface area contributed by atoms with Gasteiger partial charge in [-0.25, -0.2) is 0 Å². The summed E-state index contributed by atoms with van der Waals surface area (Å²) < 4.78 is 0. The maximum atomic E-state index is 11.7. The van der Waals surface area contributed by atoms with Crippen molar-refractivity contribution in [3.8, 4) is 0 Å². The molecule has 4 nitrogen and oxygen atoms in total. The van der Waals surface area contributed by atoms with Gasteiger partial charge >= 0.3 is 0 Å². The molecular weight excluding hydrogens is 296 g/mol. The Balaban J connectivity index is 1.74. The van der Waals surface area contributed by atoms with Crippen LogP contribution in [0.3, 0.4) is 0 Å². The van der Waals surface area contributed by atoms with Crippen molar-refractivity contribution in [1.29, 1.82) is 0 Å². The number of aliphatic hydroxyl groups excluding tert-OH is 1. The Kier molecular flexibility index (Phi) is 5.55. The average Bonchev–Trinajstić information content (AvgIpc) is 2.95. The van der Waals surface area contributed by atoms with E-state index in [9.17, 15) is 9.90 Å². The third-order valence-corrected chi connectivity index (χ3v) is 3.73. The quantitative estimate of drug-likeness (QED) is 0.768. The molecule has 0 saturated carbocycles. The molecule has 0 fully saturated rings. The fraction of sp³-hybridized carbons (Fsp3) is 0.214. The van der Waals surface area contributed by atoms with E-state index in [1.54, 1.807) is 24.3 Å². The van der Waals surface area contributed by atoms with Crippen LogP contribution < -0.4 is 10.6 Å². The summed E-state index contributed by atoms with van der Waals surface area (Å²) in [6.45, 7) is 0.444. The van der Waals surface area contributed by atoms with E-state index >= 15 is 0 Å². The van der Waals surface area contributed by atoms with Gasteiger partial charge in [-0.2, -0.15) is 11.3 Å². The number of amides is 1. The fourth-order valence-electron chi connectivity index (χ4n) is 1.66. The van der Waals surface area contributed by atoms with Crippen LogP contribution in [-0.4, -0.2) is 24.1 Å². The normalized spacial score (nSPS) is 12.1. The van der Waals surface area contributed by atoms with Crippen LogP contribution in [0.5, 0.6) is 0 Å². The lowest BCUT2D eigenvalue weighted by molar-refractivity contribution is -0.115. The molecule has 6 heteroatoms. The highest BCUT2D eigenvalue weighted by Gasteiger charge is 2.09. The molecular formula is C14H15ClN2O2S. The van der Waals surface area contributed by atoms with Gasteiger partial charge < -0.3 is 15.7 Å². The number of anilines is 1. The van der Waals surface area contributed by atoms with Gasteiger partial charge in [0.25, 0.3) is 0 Å². The second-order valence-corrected chi connectivity index (χ2v) is 5.42. The predicted octanol–water partition coefficient (Wildman–Crippen LogP) is 2.66. The van der Waals surface area contributed by atoms with Crippen molar-refractivity contribution in [2.45, 2.75) is 6.10 Å². The van der Waals surface area contributed by atoms with Crippen molar-refractivity contribution in [3.05, 3.63) is 51.7 Å². The number of para-hydroxylation sites is 1. The summed E-state index contributed by atoms with van der Waals surface area (Å²) in [5.41, 5.74) is 1.44. The van der Waals surface area contributed by atoms with Crippen LogP contribution in [0.25, 0.3) is 0 Å². The van der Waals surface area contributed by atoms with Crippen molar-refractivity contribution >= 4 is 34.5 Å². The number of hydrogen-bond donors (Lipinski definition) is 3. The lowest BCUT2D eigenvalue weighted by Gasteiger charge is -2.11. The third-order valence-electron chi connectivity index (χ3n) is 2.70. The van der Waals surface area contributed by atoms with Gasteiger partial charge in [0.2, 0.25) is 5.91 Å². The summed E-state index contributed by atoms with van der Waals surface area (Å²) in [6, 6.07) is 8.91. The monoisotopic (exact) mass is 310 g/mol. The highest BCUT2D eigenvalue weighted by atomic mass is 35.5. The van der Waals surface area contributed by atoms with Crippen LogP contribution in [0.2, 0.25) is 5.02 Å². The van der Waals surface area contributed by atoms with Crippen molar-refractivity contribution in [2.75, 3.05) is 18.4 Å². The van der Waals surface area contributed by atoms with E-state index < -0.39 is 6.10 Å². The zero-order valence-corrected chi connectivity index (χ0v) is 12.2. The maximum Gasteiger partial charge on any atom is 0.238 e. The molecule has 1 amide bonds. The van der Waals surface area contributed by atoms with Gasteiger partial charge in [0.15, 0.2) is 0 Å². The Morgan fingerprint density at radius 2 is 2.15 bits per heavy atom. The van der Waals surface area contributed by atoms with Gasteiger partial charge in [-0.15, -0.1) is 0 Å². The standard InChI is InChI=1S/C14H15ClN2O2S/c15-11-3-1-2-4-12(11)17-14(19)8-16-7-13(18)10-5-6-20-9-10/h1-6,9,13,16,18H,7-8H2,(H,17,19). The number of hydrogen-bond acceptors (Lipinski definition) is 4. The Morgan fingerprint density at radius 1 is 1.35 bits per heavy atom. The van der Waals surface area contributed by atoms with Gasteiger partial charge in [-0.3, -0.25) is 4.79 Å². The molecule has 2 aromatic rings. The van der Waals surface area contributed by atoms with E-state index in [2.05, 4.69) is 10.6 Å². The highest BCUT2D eigenvalue weighted by Crippen LogP contribution is 2.20. The molecule has 0 saturated heterocycles. The van der Waals surface area contributed by atoms with Crippen LogP contribution in [0, 0.1) is 0 Å². The molecule has 2 rings (SSSR count). The Hall–Kier alpha value is -1.40. The van der Waals surface area contributed by atoms with Crippen LogP contribution in [0.15, 0.2) is 41.1 Å². The summed E-state index contributed by atoms with van der Waals surface area (Å²) in [7, 11) is 0. The maximum absolute atomic E-state index is 11.7. The zero-order chi connectivity index (χ0) is 14.4. The summed E-state index contributed by atoms with van der Waals surface area (Å²) in [6.07, 6.45) is -0.602. The molecule has 0 aliphatic rings. The Morgan fingerprint density at radius 3 is 2.85 bits per heavy atom. The third kappa shape index (κ3) is 4.31. The van der Waals surface area contributed by atoms with Crippen LogP contribution in [0.1, 0.15) is 11.7 Å². The van der Waals surface area contributed by atoms with E-state index in [0.717, 1.165) is 5.56 Å². The SMILES string of the molecule is O=C(CNCC(O)c1ccsc1)Nc1ccccc1Cl. The van der Waals surface area contributed by atoms with Crippen molar-refractivity contribution in [3.63, 3.8) is 0 Å². The number of halogens is 1. The smallest absolute Gasteiger partial charge is 0.238 e. The minimum absolute atomic E-state index is 0.117. The lowest BCUT2D eigenvalue weighted by Crippen LogP contribution is -2.31. The molecule has 0 radical (unpaired) electrons. The van der Waals surface area contributed by atoms with Gasteiger partial charge in [0.1, 0.15) is 0 Å².